The molecule has 0 radical (unpaired) electrons. The number of nitrogens with two attached hydrogens (primary N) is 1. The van der Waals surface area contributed by atoms with Crippen molar-refractivity contribution >= 4 is 11.9 Å². The first-order chi connectivity index (χ1) is 17.2. The van der Waals surface area contributed by atoms with Gasteiger partial charge >= 0.3 is 11.9 Å². The summed E-state index contributed by atoms with van der Waals surface area (Å²) in [5.74, 6) is -2.22. The number of carbonyl (C=O) groups excluding carboxylic acids is 2. The molecule has 0 bridgehead atoms. The molecule has 0 spiro atoms. The lowest BCUT2D eigenvalue weighted by atomic mass is 9.64. The summed E-state index contributed by atoms with van der Waals surface area (Å²) in [6.07, 6.45) is 6.65. The second-order valence-electron chi connectivity index (χ2n) is 9.84. The van der Waals surface area contributed by atoms with Gasteiger partial charge in [0.2, 0.25) is 0 Å². The van der Waals surface area contributed by atoms with Gasteiger partial charge in [-0.15, -0.1) is 0 Å². The number of allylic oxidation sites excluding steroid dienone is 4. The number of hydrogen-bond donors (Lipinski definition) is 3. The molecule has 4 rings (SSSR count). The molecule has 1 unspecified atom stereocenters. The summed E-state index contributed by atoms with van der Waals surface area (Å²) in [6, 6.07) is 16.4. The Morgan fingerprint density at radius 1 is 0.889 bits per heavy atom. The molecule has 7 heteroatoms. The SMILES string of the molecule is CC1C=C([C@H]2C[C@@](O)(C(=O)OCc3ccccc3)[C@H](N)[C@@](O)(C(=O)OCc3ccccc3)C2)C=CC1. The summed E-state index contributed by atoms with van der Waals surface area (Å²) in [4.78, 5) is 26.5. The van der Waals surface area contributed by atoms with Crippen LogP contribution in [0.3, 0.4) is 0 Å². The maximum atomic E-state index is 13.2. The minimum atomic E-state index is -2.30. The zero-order valence-corrected chi connectivity index (χ0v) is 20.4. The third-order valence-corrected chi connectivity index (χ3v) is 7.04. The van der Waals surface area contributed by atoms with E-state index in [1.807, 2.05) is 54.6 Å². The van der Waals surface area contributed by atoms with Crippen molar-refractivity contribution in [3.63, 3.8) is 0 Å². The second-order valence-corrected chi connectivity index (χ2v) is 9.84. The van der Waals surface area contributed by atoms with Gasteiger partial charge in [0.15, 0.2) is 11.2 Å². The highest BCUT2D eigenvalue weighted by Crippen LogP contribution is 2.44. The van der Waals surface area contributed by atoms with E-state index < -0.39 is 35.1 Å². The van der Waals surface area contributed by atoms with E-state index in [2.05, 4.69) is 6.92 Å². The van der Waals surface area contributed by atoms with E-state index in [0.717, 1.165) is 23.1 Å². The van der Waals surface area contributed by atoms with Crippen LogP contribution in [0.25, 0.3) is 0 Å². The predicted molar refractivity (Wildman–Crippen MR) is 134 cm³/mol. The molecule has 4 N–H and O–H groups in total. The molecule has 36 heavy (non-hydrogen) atoms. The number of hydrogen-bond acceptors (Lipinski definition) is 7. The Bertz CT molecular complexity index is 1060. The van der Waals surface area contributed by atoms with Crippen molar-refractivity contribution in [3.8, 4) is 0 Å². The molecule has 2 aromatic carbocycles. The number of benzene rings is 2. The molecular formula is C29H33NO6. The van der Waals surface area contributed by atoms with Gasteiger partial charge in [0.05, 0.1) is 6.04 Å². The molecular weight excluding hydrogens is 458 g/mol. The van der Waals surface area contributed by atoms with Gasteiger partial charge in [-0.2, -0.15) is 0 Å². The van der Waals surface area contributed by atoms with E-state index in [9.17, 15) is 19.8 Å². The first-order valence-corrected chi connectivity index (χ1v) is 12.2. The summed E-state index contributed by atoms with van der Waals surface area (Å²) in [5.41, 5.74) is 4.02. The fraction of sp³-hybridized carbons (Fsp3) is 0.379. The van der Waals surface area contributed by atoms with Crippen molar-refractivity contribution in [1.29, 1.82) is 0 Å². The van der Waals surface area contributed by atoms with Crippen LogP contribution in [0.5, 0.6) is 0 Å². The molecule has 2 aromatic rings. The standard InChI is InChI=1S/C29H33NO6/c1-20-9-8-14-23(15-20)24-16-28(33,26(31)35-18-21-10-4-2-5-11-21)25(30)29(34,17-24)27(32)36-19-22-12-6-3-7-13-22/h2-8,10-15,20,24-25,33-34H,9,16-19,30H2,1H3/t20?,24-,25-,28-,29+. The number of esters is 2. The quantitative estimate of drug-likeness (QED) is 0.509. The van der Waals surface area contributed by atoms with Gasteiger partial charge in [-0.25, -0.2) is 9.59 Å². The van der Waals surface area contributed by atoms with E-state index in [1.54, 1.807) is 24.3 Å². The Kier molecular flexibility index (Phi) is 7.73. The summed E-state index contributed by atoms with van der Waals surface area (Å²) in [6.45, 7) is 1.91. The smallest absolute Gasteiger partial charge is 0.340 e. The Balaban J connectivity index is 1.60. The van der Waals surface area contributed by atoms with Crippen LogP contribution in [0.15, 0.2) is 84.5 Å². The number of aliphatic hydroxyl groups is 2. The molecule has 1 saturated carbocycles. The lowest BCUT2D eigenvalue weighted by Gasteiger charge is -2.48. The van der Waals surface area contributed by atoms with Crippen LogP contribution in [0, 0.1) is 11.8 Å². The number of carbonyl (C=O) groups is 2. The highest BCUT2D eigenvalue weighted by molar-refractivity contribution is 5.87. The average molecular weight is 492 g/mol. The first kappa shape index (κ1) is 25.8. The number of rotatable bonds is 7. The highest BCUT2D eigenvalue weighted by Gasteiger charge is 2.62. The van der Waals surface area contributed by atoms with Crippen LogP contribution in [0.2, 0.25) is 0 Å². The van der Waals surface area contributed by atoms with Gasteiger partial charge < -0.3 is 25.4 Å². The third-order valence-electron chi connectivity index (χ3n) is 7.04. The Labute approximate surface area is 211 Å². The van der Waals surface area contributed by atoms with Gasteiger partial charge in [-0.05, 0) is 47.8 Å². The van der Waals surface area contributed by atoms with Crippen LogP contribution in [-0.4, -0.2) is 39.4 Å². The fourth-order valence-corrected chi connectivity index (χ4v) is 4.97. The largest absolute Gasteiger partial charge is 0.459 e. The maximum Gasteiger partial charge on any atom is 0.340 e. The molecule has 0 amide bonds. The molecule has 2 aliphatic rings. The monoisotopic (exact) mass is 491 g/mol. The van der Waals surface area contributed by atoms with Crippen molar-refractivity contribution in [2.45, 2.75) is 56.6 Å². The predicted octanol–water partition coefficient (Wildman–Crippen LogP) is 3.20. The van der Waals surface area contributed by atoms with Crippen molar-refractivity contribution in [2.75, 3.05) is 0 Å². The molecule has 1 fully saturated rings. The van der Waals surface area contributed by atoms with Crippen molar-refractivity contribution in [3.05, 3.63) is 95.6 Å². The fourth-order valence-electron chi connectivity index (χ4n) is 4.97. The Morgan fingerprint density at radius 2 is 1.36 bits per heavy atom. The van der Waals surface area contributed by atoms with Crippen molar-refractivity contribution in [2.24, 2.45) is 17.6 Å². The van der Waals surface area contributed by atoms with Gasteiger partial charge in [-0.1, -0.05) is 85.8 Å². The van der Waals surface area contributed by atoms with Gasteiger partial charge in [0, 0.05) is 0 Å². The normalized spacial score (nSPS) is 29.8. The number of ether oxygens (including phenoxy) is 2. The highest BCUT2D eigenvalue weighted by atomic mass is 16.6. The average Bonchev–Trinajstić information content (AvgIpc) is 2.90. The molecule has 7 nitrogen and oxygen atoms in total. The van der Waals surface area contributed by atoms with Crippen molar-refractivity contribution in [1.82, 2.24) is 0 Å². The van der Waals surface area contributed by atoms with E-state index in [-0.39, 0.29) is 32.0 Å². The summed E-state index contributed by atoms with van der Waals surface area (Å²) in [5, 5.41) is 23.2. The molecule has 0 aliphatic heterocycles. The van der Waals surface area contributed by atoms with Crippen LogP contribution >= 0.6 is 0 Å². The molecule has 0 heterocycles. The minimum Gasteiger partial charge on any atom is -0.459 e. The summed E-state index contributed by atoms with van der Waals surface area (Å²) < 4.78 is 10.9. The second kappa shape index (κ2) is 10.8. The molecule has 5 atom stereocenters. The zero-order valence-electron chi connectivity index (χ0n) is 20.4. The summed E-state index contributed by atoms with van der Waals surface area (Å²) >= 11 is 0. The van der Waals surface area contributed by atoms with E-state index in [4.69, 9.17) is 15.2 Å². The molecule has 0 aromatic heterocycles. The van der Waals surface area contributed by atoms with Crippen molar-refractivity contribution < 1.29 is 29.3 Å². The Morgan fingerprint density at radius 3 is 1.81 bits per heavy atom. The van der Waals surface area contributed by atoms with Gasteiger partial charge in [0.25, 0.3) is 0 Å². The van der Waals surface area contributed by atoms with Gasteiger partial charge in [-0.3, -0.25) is 0 Å². The lowest BCUT2D eigenvalue weighted by Crippen LogP contribution is -2.72. The van der Waals surface area contributed by atoms with E-state index >= 15 is 0 Å². The van der Waals surface area contributed by atoms with E-state index in [0.29, 0.717) is 0 Å². The molecule has 190 valence electrons. The van der Waals surface area contributed by atoms with Crippen LogP contribution < -0.4 is 5.73 Å². The van der Waals surface area contributed by atoms with Crippen LogP contribution in [-0.2, 0) is 32.3 Å². The maximum absolute atomic E-state index is 13.2. The Hall–Kier alpha value is -3.26. The zero-order chi connectivity index (χ0) is 25.8. The lowest BCUT2D eigenvalue weighted by molar-refractivity contribution is -0.202. The van der Waals surface area contributed by atoms with Crippen LogP contribution in [0.1, 0.15) is 37.3 Å². The van der Waals surface area contributed by atoms with E-state index in [1.165, 1.54) is 0 Å². The minimum absolute atomic E-state index is 0.0735. The van der Waals surface area contributed by atoms with Crippen LogP contribution in [0.4, 0.5) is 0 Å². The molecule has 2 aliphatic carbocycles. The van der Waals surface area contributed by atoms with Gasteiger partial charge in [0.1, 0.15) is 13.2 Å². The molecule has 0 saturated heterocycles. The first-order valence-electron chi connectivity index (χ1n) is 12.2. The topological polar surface area (TPSA) is 119 Å². The third kappa shape index (κ3) is 5.43. The summed E-state index contributed by atoms with van der Waals surface area (Å²) in [7, 11) is 0.